The Morgan fingerprint density at radius 1 is 1.04 bits per heavy atom. The average molecular weight is 316 g/mol. The summed E-state index contributed by atoms with van der Waals surface area (Å²) >= 11 is 0. The zero-order valence-electron chi connectivity index (χ0n) is 12.5. The van der Waals surface area contributed by atoms with E-state index in [0.29, 0.717) is 17.0 Å². The summed E-state index contributed by atoms with van der Waals surface area (Å²) in [5.74, 6) is -0.504. The Balaban J connectivity index is 1.88. The van der Waals surface area contributed by atoms with Crippen molar-refractivity contribution in [2.75, 3.05) is 0 Å². The van der Waals surface area contributed by atoms with Crippen LogP contribution in [0.15, 0.2) is 55.1 Å². The summed E-state index contributed by atoms with van der Waals surface area (Å²) in [6, 6.07) is 8.91. The van der Waals surface area contributed by atoms with Gasteiger partial charge in [0, 0.05) is 35.1 Å². The third-order valence-electron chi connectivity index (χ3n) is 3.69. The number of H-pyrrole nitrogens is 1. The second kappa shape index (κ2) is 5.54. The molecule has 24 heavy (non-hydrogen) atoms. The highest BCUT2D eigenvalue weighted by Crippen LogP contribution is 2.28. The minimum atomic E-state index is -0.504. The fourth-order valence-corrected chi connectivity index (χ4v) is 2.50. The molecule has 0 saturated carbocycles. The van der Waals surface area contributed by atoms with Crippen LogP contribution in [0.4, 0.5) is 0 Å². The zero-order valence-corrected chi connectivity index (χ0v) is 12.5. The lowest BCUT2D eigenvalue weighted by atomic mass is 10.1. The molecule has 4 aromatic rings. The van der Waals surface area contributed by atoms with Gasteiger partial charge in [-0.15, -0.1) is 0 Å². The molecule has 0 radical (unpaired) electrons. The Morgan fingerprint density at radius 3 is 2.75 bits per heavy atom. The van der Waals surface area contributed by atoms with E-state index in [1.54, 1.807) is 36.9 Å². The molecule has 0 aromatic carbocycles. The number of nitrogens with zero attached hydrogens (tertiary/aromatic N) is 4. The van der Waals surface area contributed by atoms with Crippen LogP contribution in [0.1, 0.15) is 10.4 Å². The molecule has 0 atom stereocenters. The fourth-order valence-electron chi connectivity index (χ4n) is 2.50. The van der Waals surface area contributed by atoms with Crippen molar-refractivity contribution in [2.24, 2.45) is 5.73 Å². The van der Waals surface area contributed by atoms with E-state index < -0.39 is 5.91 Å². The van der Waals surface area contributed by atoms with E-state index in [4.69, 9.17) is 5.73 Å². The topological polar surface area (TPSA) is 110 Å². The predicted molar refractivity (Wildman–Crippen MR) is 88.9 cm³/mol. The van der Waals surface area contributed by atoms with Crippen LogP contribution in [0.5, 0.6) is 0 Å². The standard InChI is InChI=1S/C17H12N6O/c18-17(24)10-3-5-20-14(6-10)16-12-7-13(11-2-1-4-19-8-11)21-9-15(12)22-23-16/h1-9H,(H2,18,24)(H,22,23). The Morgan fingerprint density at radius 2 is 1.96 bits per heavy atom. The summed E-state index contributed by atoms with van der Waals surface area (Å²) in [5.41, 5.74) is 9.40. The molecule has 0 aliphatic heterocycles. The van der Waals surface area contributed by atoms with E-state index >= 15 is 0 Å². The van der Waals surface area contributed by atoms with Gasteiger partial charge < -0.3 is 5.73 Å². The van der Waals surface area contributed by atoms with E-state index in [1.165, 1.54) is 0 Å². The number of pyridine rings is 3. The SMILES string of the molecule is NC(=O)c1ccnc(-c2n[nH]c3cnc(-c4cccnc4)cc23)c1. The van der Waals surface area contributed by atoms with Crippen molar-refractivity contribution in [2.45, 2.75) is 0 Å². The summed E-state index contributed by atoms with van der Waals surface area (Å²) in [4.78, 5) is 24.2. The number of carbonyl (C=O) groups is 1. The molecule has 0 aliphatic carbocycles. The zero-order chi connectivity index (χ0) is 16.5. The molecule has 116 valence electrons. The molecule has 7 heteroatoms. The van der Waals surface area contributed by atoms with Gasteiger partial charge in [-0.1, -0.05) is 0 Å². The Bertz CT molecular complexity index is 1040. The third kappa shape index (κ3) is 2.38. The van der Waals surface area contributed by atoms with Crippen LogP contribution in [-0.2, 0) is 0 Å². The maximum absolute atomic E-state index is 11.4. The van der Waals surface area contributed by atoms with Crippen LogP contribution < -0.4 is 5.73 Å². The summed E-state index contributed by atoms with van der Waals surface area (Å²) in [7, 11) is 0. The first-order valence-corrected chi connectivity index (χ1v) is 7.23. The molecule has 3 N–H and O–H groups in total. The molecule has 0 fully saturated rings. The molecule has 4 aromatic heterocycles. The second-order valence-corrected chi connectivity index (χ2v) is 5.22. The highest BCUT2D eigenvalue weighted by Gasteiger charge is 2.13. The van der Waals surface area contributed by atoms with E-state index in [-0.39, 0.29) is 0 Å². The average Bonchev–Trinajstić information content (AvgIpc) is 3.05. The lowest BCUT2D eigenvalue weighted by Crippen LogP contribution is -2.11. The minimum Gasteiger partial charge on any atom is -0.366 e. The molecule has 0 unspecified atom stereocenters. The van der Waals surface area contributed by atoms with Gasteiger partial charge in [0.15, 0.2) is 0 Å². The van der Waals surface area contributed by atoms with Gasteiger partial charge in [-0.2, -0.15) is 5.10 Å². The van der Waals surface area contributed by atoms with Gasteiger partial charge in [0.05, 0.1) is 23.1 Å². The number of fused-ring (bicyclic) bond motifs is 1. The predicted octanol–water partition coefficient (Wildman–Crippen LogP) is 2.18. The van der Waals surface area contributed by atoms with Crippen molar-refractivity contribution in [3.05, 3.63) is 60.7 Å². The molecule has 7 nitrogen and oxygen atoms in total. The van der Waals surface area contributed by atoms with Crippen molar-refractivity contribution in [1.82, 2.24) is 25.1 Å². The molecule has 4 heterocycles. The first-order chi connectivity index (χ1) is 11.7. The number of aromatic amines is 1. The van der Waals surface area contributed by atoms with Gasteiger partial charge in [-0.3, -0.25) is 24.8 Å². The van der Waals surface area contributed by atoms with Crippen LogP contribution >= 0.6 is 0 Å². The van der Waals surface area contributed by atoms with E-state index in [2.05, 4.69) is 25.1 Å². The summed E-state index contributed by atoms with van der Waals surface area (Å²) in [6.45, 7) is 0. The molecular formula is C17H12N6O. The smallest absolute Gasteiger partial charge is 0.248 e. The Labute approximate surface area is 136 Å². The Hall–Kier alpha value is -3.61. The van der Waals surface area contributed by atoms with Crippen molar-refractivity contribution >= 4 is 16.8 Å². The molecule has 0 spiro atoms. The van der Waals surface area contributed by atoms with Gasteiger partial charge >= 0.3 is 0 Å². The van der Waals surface area contributed by atoms with Gasteiger partial charge in [-0.25, -0.2) is 0 Å². The van der Waals surface area contributed by atoms with Gasteiger partial charge in [0.2, 0.25) is 5.91 Å². The highest BCUT2D eigenvalue weighted by atomic mass is 16.1. The Kier molecular flexibility index (Phi) is 3.24. The van der Waals surface area contributed by atoms with E-state index in [9.17, 15) is 4.79 Å². The fraction of sp³-hybridized carbons (Fsp3) is 0. The molecule has 0 saturated heterocycles. The van der Waals surface area contributed by atoms with Crippen LogP contribution in [0, 0.1) is 0 Å². The number of rotatable bonds is 3. The number of hydrogen-bond donors (Lipinski definition) is 2. The van der Waals surface area contributed by atoms with Crippen LogP contribution in [0.2, 0.25) is 0 Å². The summed E-state index contributed by atoms with van der Waals surface area (Å²) in [6.07, 6.45) is 6.72. The van der Waals surface area contributed by atoms with Crippen molar-refractivity contribution < 1.29 is 4.79 Å². The first-order valence-electron chi connectivity index (χ1n) is 7.23. The van der Waals surface area contributed by atoms with Gasteiger partial charge in [0.1, 0.15) is 5.69 Å². The molecule has 0 bridgehead atoms. The number of nitrogens with one attached hydrogen (secondary N) is 1. The van der Waals surface area contributed by atoms with Crippen LogP contribution in [0.25, 0.3) is 33.5 Å². The summed E-state index contributed by atoms with van der Waals surface area (Å²) in [5, 5.41) is 8.09. The lowest BCUT2D eigenvalue weighted by molar-refractivity contribution is 0.1000. The summed E-state index contributed by atoms with van der Waals surface area (Å²) < 4.78 is 0. The number of nitrogens with two attached hydrogens (primary N) is 1. The van der Waals surface area contributed by atoms with E-state index in [1.807, 2.05) is 18.2 Å². The minimum absolute atomic E-state index is 0.387. The largest absolute Gasteiger partial charge is 0.366 e. The van der Waals surface area contributed by atoms with E-state index in [0.717, 1.165) is 22.2 Å². The second-order valence-electron chi connectivity index (χ2n) is 5.22. The monoisotopic (exact) mass is 316 g/mol. The number of primary amides is 1. The van der Waals surface area contributed by atoms with Gasteiger partial charge in [0.25, 0.3) is 0 Å². The molecular weight excluding hydrogens is 304 g/mol. The van der Waals surface area contributed by atoms with Crippen molar-refractivity contribution in [3.63, 3.8) is 0 Å². The van der Waals surface area contributed by atoms with Crippen molar-refractivity contribution in [3.8, 4) is 22.6 Å². The highest BCUT2D eigenvalue weighted by molar-refractivity contribution is 5.97. The normalized spacial score (nSPS) is 10.8. The molecule has 4 rings (SSSR count). The van der Waals surface area contributed by atoms with Crippen LogP contribution in [0.3, 0.4) is 0 Å². The van der Waals surface area contributed by atoms with Gasteiger partial charge in [-0.05, 0) is 30.3 Å². The first kappa shape index (κ1) is 14.0. The van der Waals surface area contributed by atoms with Crippen LogP contribution in [-0.4, -0.2) is 31.1 Å². The third-order valence-corrected chi connectivity index (χ3v) is 3.69. The van der Waals surface area contributed by atoms with Crippen molar-refractivity contribution in [1.29, 1.82) is 0 Å². The molecule has 1 amide bonds. The quantitative estimate of drug-likeness (QED) is 0.602. The lowest BCUT2D eigenvalue weighted by Gasteiger charge is -2.02. The number of carbonyl (C=O) groups excluding carboxylic acids is 1. The number of aromatic nitrogens is 5. The maximum atomic E-state index is 11.4. The number of amides is 1. The maximum Gasteiger partial charge on any atom is 0.248 e. The molecule has 0 aliphatic rings. The number of hydrogen-bond acceptors (Lipinski definition) is 5.